The molecule has 0 aliphatic heterocycles. The van der Waals surface area contributed by atoms with E-state index in [0.717, 1.165) is 16.3 Å². The van der Waals surface area contributed by atoms with Crippen LogP contribution in [0.1, 0.15) is 11.1 Å². The monoisotopic (exact) mass is 474 g/mol. The zero-order valence-corrected chi connectivity index (χ0v) is 19.8. The number of nitrogens with one attached hydrogen (secondary N) is 2. The van der Waals surface area contributed by atoms with E-state index in [2.05, 4.69) is 10.0 Å². The van der Waals surface area contributed by atoms with Crippen molar-refractivity contribution in [1.29, 1.82) is 0 Å². The third kappa shape index (κ3) is 5.27. The first-order valence-corrected chi connectivity index (χ1v) is 12.4. The van der Waals surface area contributed by atoms with Gasteiger partial charge in [-0.05, 0) is 54.1 Å². The predicted octanol–water partition coefficient (Wildman–Crippen LogP) is 4.69. The Morgan fingerprint density at radius 3 is 2.35 bits per heavy atom. The molecule has 0 radical (unpaired) electrons. The van der Waals surface area contributed by atoms with Crippen molar-refractivity contribution < 1.29 is 17.9 Å². The molecule has 1 amide bonds. The van der Waals surface area contributed by atoms with Gasteiger partial charge in [-0.1, -0.05) is 66.7 Å². The molecule has 4 aromatic rings. The van der Waals surface area contributed by atoms with Crippen molar-refractivity contribution in [2.24, 2.45) is 0 Å². The number of hydrogen-bond donors (Lipinski definition) is 2. The van der Waals surface area contributed by atoms with E-state index in [1.54, 1.807) is 19.1 Å². The number of anilines is 1. The van der Waals surface area contributed by atoms with Gasteiger partial charge in [-0.3, -0.25) is 4.79 Å². The molecule has 0 aliphatic rings. The molecular formula is C27H26N2O4S. The molecule has 6 nitrogen and oxygen atoms in total. The third-order valence-electron chi connectivity index (χ3n) is 5.62. The summed E-state index contributed by atoms with van der Waals surface area (Å²) in [5, 5.41) is 4.78. The number of fused-ring (bicyclic) bond motifs is 1. The van der Waals surface area contributed by atoms with E-state index in [1.807, 2.05) is 66.7 Å². The van der Waals surface area contributed by atoms with E-state index in [0.29, 0.717) is 17.0 Å². The van der Waals surface area contributed by atoms with Crippen LogP contribution in [0.3, 0.4) is 0 Å². The van der Waals surface area contributed by atoms with Gasteiger partial charge in [-0.25, -0.2) is 8.42 Å². The number of carbonyl (C=O) groups is 1. The molecule has 4 rings (SSSR count). The minimum atomic E-state index is -3.97. The molecule has 0 fully saturated rings. The molecule has 0 saturated heterocycles. The standard InChI is InChI=1S/C27H26N2O4S/c1-19-17-22(15-16-26(19)33-2)34(31,32)29-25(18-20-9-4-3-5-10-20)27(30)28-24-14-8-12-21-11-6-7-13-23(21)24/h3-17,25,29H,18H2,1-2H3,(H,28,30)/t25-/m0/s1. The maximum atomic E-state index is 13.4. The molecule has 4 aromatic carbocycles. The van der Waals surface area contributed by atoms with E-state index in [1.165, 1.54) is 19.2 Å². The lowest BCUT2D eigenvalue weighted by atomic mass is 10.1. The molecule has 1 atom stereocenters. The number of rotatable bonds is 8. The fourth-order valence-electron chi connectivity index (χ4n) is 3.87. The van der Waals surface area contributed by atoms with Crippen LogP contribution in [0.4, 0.5) is 5.69 Å². The van der Waals surface area contributed by atoms with Gasteiger partial charge in [0, 0.05) is 11.1 Å². The van der Waals surface area contributed by atoms with Crippen LogP contribution in [0.15, 0.2) is 95.9 Å². The van der Waals surface area contributed by atoms with Gasteiger partial charge in [0.25, 0.3) is 0 Å². The largest absolute Gasteiger partial charge is 0.496 e. The summed E-state index contributed by atoms with van der Waals surface area (Å²) in [4.78, 5) is 13.5. The Morgan fingerprint density at radius 1 is 0.912 bits per heavy atom. The van der Waals surface area contributed by atoms with Gasteiger partial charge in [-0.15, -0.1) is 0 Å². The molecule has 0 saturated carbocycles. The van der Waals surface area contributed by atoms with Crippen LogP contribution >= 0.6 is 0 Å². The van der Waals surface area contributed by atoms with Crippen LogP contribution in [0, 0.1) is 6.92 Å². The number of benzene rings is 4. The van der Waals surface area contributed by atoms with Crippen LogP contribution in [0.25, 0.3) is 10.8 Å². The van der Waals surface area contributed by atoms with Gasteiger partial charge < -0.3 is 10.1 Å². The van der Waals surface area contributed by atoms with Gasteiger partial charge in [0.2, 0.25) is 15.9 Å². The first-order chi connectivity index (χ1) is 16.4. The molecule has 2 N–H and O–H groups in total. The summed E-state index contributed by atoms with van der Waals surface area (Å²) in [6, 6.07) is 26.2. The van der Waals surface area contributed by atoms with E-state index in [4.69, 9.17) is 4.74 Å². The topological polar surface area (TPSA) is 84.5 Å². The highest BCUT2D eigenvalue weighted by Crippen LogP contribution is 2.24. The van der Waals surface area contributed by atoms with Crippen LogP contribution < -0.4 is 14.8 Å². The number of hydrogen-bond acceptors (Lipinski definition) is 4. The quantitative estimate of drug-likeness (QED) is 0.388. The highest BCUT2D eigenvalue weighted by molar-refractivity contribution is 7.89. The van der Waals surface area contributed by atoms with Crippen molar-refractivity contribution in [2.45, 2.75) is 24.3 Å². The molecule has 0 unspecified atom stereocenters. The Morgan fingerprint density at radius 2 is 1.62 bits per heavy atom. The second-order valence-electron chi connectivity index (χ2n) is 8.01. The first-order valence-electron chi connectivity index (χ1n) is 10.9. The molecule has 174 valence electrons. The van der Waals surface area contributed by atoms with Crippen LogP contribution in [-0.2, 0) is 21.2 Å². The van der Waals surface area contributed by atoms with Crippen LogP contribution in [-0.4, -0.2) is 27.5 Å². The van der Waals surface area contributed by atoms with Crippen LogP contribution in [0.2, 0.25) is 0 Å². The summed E-state index contributed by atoms with van der Waals surface area (Å²) < 4.78 is 34.3. The average Bonchev–Trinajstić information content (AvgIpc) is 2.84. The smallest absolute Gasteiger partial charge is 0.242 e. The van der Waals surface area contributed by atoms with E-state index in [-0.39, 0.29) is 11.3 Å². The second-order valence-corrected chi connectivity index (χ2v) is 9.72. The Balaban J connectivity index is 1.65. The average molecular weight is 475 g/mol. The molecule has 0 aromatic heterocycles. The maximum Gasteiger partial charge on any atom is 0.242 e. The zero-order chi connectivity index (χ0) is 24.1. The number of carbonyl (C=O) groups excluding carboxylic acids is 1. The first kappa shape index (κ1) is 23.5. The van der Waals surface area contributed by atoms with Gasteiger partial charge in [0.15, 0.2) is 0 Å². The molecule has 0 heterocycles. The van der Waals surface area contributed by atoms with Gasteiger partial charge in [-0.2, -0.15) is 4.72 Å². The summed E-state index contributed by atoms with van der Waals surface area (Å²) in [5.41, 5.74) is 2.15. The minimum Gasteiger partial charge on any atom is -0.496 e. The van der Waals surface area contributed by atoms with Crippen molar-refractivity contribution in [2.75, 3.05) is 12.4 Å². The maximum absolute atomic E-state index is 13.4. The summed E-state index contributed by atoms with van der Waals surface area (Å²) in [6.45, 7) is 1.77. The van der Waals surface area contributed by atoms with Crippen molar-refractivity contribution >= 4 is 32.4 Å². The fraction of sp³-hybridized carbons (Fsp3) is 0.148. The molecule has 34 heavy (non-hydrogen) atoms. The molecule has 0 bridgehead atoms. The van der Waals surface area contributed by atoms with Crippen molar-refractivity contribution in [3.8, 4) is 5.75 Å². The predicted molar refractivity (Wildman–Crippen MR) is 135 cm³/mol. The summed E-state index contributed by atoms with van der Waals surface area (Å²) in [6.07, 6.45) is 0.200. The summed E-state index contributed by atoms with van der Waals surface area (Å²) in [5.74, 6) is 0.155. The van der Waals surface area contributed by atoms with E-state index < -0.39 is 22.0 Å². The Hall–Kier alpha value is -3.68. The van der Waals surface area contributed by atoms with Crippen molar-refractivity contribution in [3.63, 3.8) is 0 Å². The Labute approximate surface area is 199 Å². The van der Waals surface area contributed by atoms with Gasteiger partial charge in [0.05, 0.1) is 12.0 Å². The minimum absolute atomic E-state index is 0.0711. The van der Waals surface area contributed by atoms with E-state index in [9.17, 15) is 13.2 Å². The fourth-order valence-corrected chi connectivity index (χ4v) is 5.15. The SMILES string of the molecule is COc1ccc(S(=O)(=O)N[C@@H](Cc2ccccc2)C(=O)Nc2cccc3ccccc23)cc1C. The van der Waals surface area contributed by atoms with Crippen molar-refractivity contribution in [1.82, 2.24) is 4.72 Å². The van der Waals surface area contributed by atoms with Gasteiger partial charge >= 0.3 is 0 Å². The lowest BCUT2D eigenvalue weighted by molar-refractivity contribution is -0.117. The number of ether oxygens (including phenoxy) is 1. The number of sulfonamides is 1. The van der Waals surface area contributed by atoms with E-state index >= 15 is 0 Å². The highest BCUT2D eigenvalue weighted by Gasteiger charge is 2.27. The van der Waals surface area contributed by atoms with Gasteiger partial charge in [0.1, 0.15) is 11.8 Å². The Bertz CT molecular complexity index is 1410. The number of methoxy groups -OCH3 is 1. The molecular weight excluding hydrogens is 448 g/mol. The number of amides is 1. The Kier molecular flexibility index (Phi) is 6.95. The zero-order valence-electron chi connectivity index (χ0n) is 19.0. The molecule has 0 spiro atoms. The highest BCUT2D eigenvalue weighted by atomic mass is 32.2. The number of aryl methyl sites for hydroxylation is 1. The normalized spacial score (nSPS) is 12.3. The summed E-state index contributed by atoms with van der Waals surface area (Å²) in [7, 11) is -2.44. The molecule has 0 aliphatic carbocycles. The third-order valence-corrected chi connectivity index (χ3v) is 7.09. The lowest BCUT2D eigenvalue weighted by Gasteiger charge is -2.20. The van der Waals surface area contributed by atoms with Crippen molar-refractivity contribution in [3.05, 3.63) is 102 Å². The second kappa shape index (κ2) is 10.1. The summed E-state index contributed by atoms with van der Waals surface area (Å²) >= 11 is 0. The lowest BCUT2D eigenvalue weighted by Crippen LogP contribution is -2.45. The molecule has 7 heteroatoms. The van der Waals surface area contributed by atoms with Crippen LogP contribution in [0.5, 0.6) is 5.75 Å².